The summed E-state index contributed by atoms with van der Waals surface area (Å²) in [6, 6.07) is 3.47. The summed E-state index contributed by atoms with van der Waals surface area (Å²) in [6.45, 7) is 1.87. The van der Waals surface area contributed by atoms with Gasteiger partial charge in [-0.25, -0.2) is 13.4 Å². The number of rotatable bonds is 1. The Bertz CT molecular complexity index is 584. The first-order valence-electron chi connectivity index (χ1n) is 4.13. The highest BCUT2D eigenvalue weighted by molar-refractivity contribution is 7.90. The van der Waals surface area contributed by atoms with Gasteiger partial charge in [0.15, 0.2) is 14.9 Å². The predicted molar refractivity (Wildman–Crippen MR) is 53.9 cm³/mol. The van der Waals surface area contributed by atoms with Gasteiger partial charge in [-0.2, -0.15) is 0 Å². The molecule has 0 saturated carbocycles. The number of fused-ring (bicyclic) bond motifs is 1. The van der Waals surface area contributed by atoms with Gasteiger partial charge in [-0.3, -0.25) is 0 Å². The molecular weight excluding hydrogens is 200 g/mol. The van der Waals surface area contributed by atoms with Gasteiger partial charge in [-0.15, -0.1) is 0 Å². The van der Waals surface area contributed by atoms with Crippen LogP contribution in [0.3, 0.4) is 0 Å². The lowest BCUT2D eigenvalue weighted by Gasteiger charge is -2.00. The van der Waals surface area contributed by atoms with Crippen LogP contribution in [0.25, 0.3) is 11.0 Å². The summed E-state index contributed by atoms with van der Waals surface area (Å²) < 4.78 is 22.5. The van der Waals surface area contributed by atoms with Gasteiger partial charge in [0.25, 0.3) is 0 Å². The van der Waals surface area contributed by atoms with Gasteiger partial charge in [0.2, 0.25) is 0 Å². The van der Waals surface area contributed by atoms with E-state index in [4.69, 9.17) is 0 Å². The molecule has 1 N–H and O–H groups in total. The van der Waals surface area contributed by atoms with Crippen molar-refractivity contribution in [1.82, 2.24) is 9.97 Å². The number of pyridine rings is 1. The van der Waals surface area contributed by atoms with Gasteiger partial charge in [0, 0.05) is 17.8 Å². The number of hydrogen-bond donors (Lipinski definition) is 1. The second kappa shape index (κ2) is 2.81. The summed E-state index contributed by atoms with van der Waals surface area (Å²) in [6.07, 6.45) is 2.90. The molecule has 2 heterocycles. The van der Waals surface area contributed by atoms with E-state index in [1.54, 1.807) is 12.3 Å². The van der Waals surface area contributed by atoms with Crippen LogP contribution in [-0.4, -0.2) is 24.6 Å². The standard InChI is InChI=1S/C9H10N2O2S/c1-6-5-8(14(2,12)13)11-9-7(6)3-4-10-9/h3-5H,1-2H3,(H,10,11). The highest BCUT2D eigenvalue weighted by atomic mass is 32.2. The molecule has 0 aromatic carbocycles. The zero-order chi connectivity index (χ0) is 10.3. The van der Waals surface area contributed by atoms with E-state index in [1.807, 2.05) is 13.0 Å². The number of aryl methyl sites for hydroxylation is 1. The van der Waals surface area contributed by atoms with Crippen LogP contribution in [0.4, 0.5) is 0 Å². The molecule has 14 heavy (non-hydrogen) atoms. The molecule has 0 spiro atoms. The summed E-state index contributed by atoms with van der Waals surface area (Å²) in [5.41, 5.74) is 1.53. The van der Waals surface area contributed by atoms with Crippen molar-refractivity contribution in [1.29, 1.82) is 0 Å². The van der Waals surface area contributed by atoms with E-state index in [1.165, 1.54) is 0 Å². The molecule has 0 bridgehead atoms. The fourth-order valence-electron chi connectivity index (χ4n) is 1.37. The van der Waals surface area contributed by atoms with E-state index in [0.29, 0.717) is 5.65 Å². The molecule has 0 saturated heterocycles. The molecule has 2 aromatic rings. The Morgan fingerprint density at radius 3 is 2.79 bits per heavy atom. The van der Waals surface area contributed by atoms with Gasteiger partial charge >= 0.3 is 0 Å². The lowest BCUT2D eigenvalue weighted by molar-refractivity contribution is 0.598. The van der Waals surface area contributed by atoms with Crippen molar-refractivity contribution in [3.63, 3.8) is 0 Å². The molecule has 0 amide bonds. The summed E-state index contributed by atoms with van der Waals surface area (Å²) >= 11 is 0. The maximum absolute atomic E-state index is 11.3. The van der Waals surface area contributed by atoms with Crippen molar-refractivity contribution < 1.29 is 8.42 Å². The third-order valence-electron chi connectivity index (χ3n) is 2.09. The van der Waals surface area contributed by atoms with Crippen molar-refractivity contribution in [3.8, 4) is 0 Å². The first-order valence-corrected chi connectivity index (χ1v) is 6.02. The maximum Gasteiger partial charge on any atom is 0.192 e. The van der Waals surface area contributed by atoms with E-state index in [-0.39, 0.29) is 5.03 Å². The largest absolute Gasteiger partial charge is 0.346 e. The molecule has 74 valence electrons. The van der Waals surface area contributed by atoms with Crippen LogP contribution < -0.4 is 0 Å². The van der Waals surface area contributed by atoms with Gasteiger partial charge in [-0.05, 0) is 24.6 Å². The first kappa shape index (κ1) is 9.21. The normalized spacial score (nSPS) is 12.1. The highest BCUT2D eigenvalue weighted by Crippen LogP contribution is 2.18. The Morgan fingerprint density at radius 1 is 1.43 bits per heavy atom. The van der Waals surface area contributed by atoms with Gasteiger partial charge in [0.05, 0.1) is 0 Å². The van der Waals surface area contributed by atoms with Crippen LogP contribution in [0.15, 0.2) is 23.4 Å². The van der Waals surface area contributed by atoms with Gasteiger partial charge in [-0.1, -0.05) is 0 Å². The average molecular weight is 210 g/mol. The zero-order valence-electron chi connectivity index (χ0n) is 7.90. The molecular formula is C9H10N2O2S. The minimum atomic E-state index is -3.23. The Morgan fingerprint density at radius 2 is 2.14 bits per heavy atom. The number of aromatic nitrogens is 2. The van der Waals surface area contributed by atoms with Crippen LogP contribution in [-0.2, 0) is 9.84 Å². The fourth-order valence-corrected chi connectivity index (χ4v) is 2.01. The first-order chi connectivity index (χ1) is 6.48. The highest BCUT2D eigenvalue weighted by Gasteiger charge is 2.11. The molecule has 0 aliphatic heterocycles. The van der Waals surface area contributed by atoms with Crippen LogP contribution >= 0.6 is 0 Å². The number of nitrogens with one attached hydrogen (secondary N) is 1. The second-order valence-electron chi connectivity index (χ2n) is 3.29. The Kier molecular flexibility index (Phi) is 1.85. The summed E-state index contributed by atoms with van der Waals surface area (Å²) in [7, 11) is -3.23. The molecule has 4 nitrogen and oxygen atoms in total. The van der Waals surface area contributed by atoms with Gasteiger partial charge in [0.1, 0.15) is 5.65 Å². The Balaban J connectivity index is 2.83. The van der Waals surface area contributed by atoms with Crippen molar-refractivity contribution in [3.05, 3.63) is 23.9 Å². The van der Waals surface area contributed by atoms with Crippen molar-refractivity contribution in [2.75, 3.05) is 6.26 Å². The van der Waals surface area contributed by atoms with Crippen LogP contribution in [0, 0.1) is 6.92 Å². The minimum Gasteiger partial charge on any atom is -0.346 e. The second-order valence-corrected chi connectivity index (χ2v) is 5.25. The van der Waals surface area contributed by atoms with E-state index in [9.17, 15) is 8.42 Å². The van der Waals surface area contributed by atoms with Crippen LogP contribution in [0.2, 0.25) is 0 Å². The summed E-state index contributed by atoms with van der Waals surface area (Å²) in [5.74, 6) is 0. The summed E-state index contributed by atoms with van der Waals surface area (Å²) in [4.78, 5) is 6.92. The molecule has 5 heteroatoms. The molecule has 0 unspecified atom stereocenters. The minimum absolute atomic E-state index is 0.116. The number of sulfone groups is 1. The maximum atomic E-state index is 11.3. The third-order valence-corrected chi connectivity index (χ3v) is 3.06. The van der Waals surface area contributed by atoms with Gasteiger partial charge < -0.3 is 4.98 Å². The number of nitrogens with zero attached hydrogens (tertiary/aromatic N) is 1. The Hall–Kier alpha value is -1.36. The number of aromatic amines is 1. The summed E-state index contributed by atoms with van der Waals surface area (Å²) in [5, 5.41) is 1.07. The SMILES string of the molecule is Cc1cc(S(C)(=O)=O)nc2[nH]ccc12. The van der Waals surface area contributed by atoms with E-state index >= 15 is 0 Å². The molecule has 0 aliphatic carbocycles. The van der Waals surface area contributed by atoms with Crippen molar-refractivity contribution in [2.45, 2.75) is 11.9 Å². The Labute approximate surface area is 81.9 Å². The molecule has 0 aliphatic rings. The van der Waals surface area contributed by atoms with E-state index < -0.39 is 9.84 Å². The zero-order valence-corrected chi connectivity index (χ0v) is 8.72. The molecule has 2 rings (SSSR count). The van der Waals surface area contributed by atoms with Crippen LogP contribution in [0.1, 0.15) is 5.56 Å². The fraction of sp³-hybridized carbons (Fsp3) is 0.222. The molecule has 0 fully saturated rings. The van der Waals surface area contributed by atoms with Crippen LogP contribution in [0.5, 0.6) is 0 Å². The van der Waals surface area contributed by atoms with Crippen molar-refractivity contribution in [2.24, 2.45) is 0 Å². The predicted octanol–water partition coefficient (Wildman–Crippen LogP) is 1.27. The lowest BCUT2D eigenvalue weighted by atomic mass is 10.2. The van der Waals surface area contributed by atoms with E-state index in [2.05, 4.69) is 9.97 Å². The van der Waals surface area contributed by atoms with Crippen molar-refractivity contribution >= 4 is 20.9 Å². The quantitative estimate of drug-likeness (QED) is 0.771. The topological polar surface area (TPSA) is 62.8 Å². The smallest absolute Gasteiger partial charge is 0.192 e. The van der Waals surface area contributed by atoms with E-state index in [0.717, 1.165) is 17.2 Å². The monoisotopic (exact) mass is 210 g/mol. The molecule has 2 aromatic heterocycles. The molecule has 0 radical (unpaired) electrons. The number of H-pyrrole nitrogens is 1. The molecule has 0 atom stereocenters. The number of hydrogen-bond acceptors (Lipinski definition) is 3. The average Bonchev–Trinajstić information content (AvgIpc) is 2.50. The third kappa shape index (κ3) is 1.39. The lowest BCUT2D eigenvalue weighted by Crippen LogP contribution is -2.01.